The summed E-state index contributed by atoms with van der Waals surface area (Å²) in [5.74, 6) is 0. The van der Waals surface area contributed by atoms with Gasteiger partial charge in [0.05, 0.1) is 33.4 Å². The summed E-state index contributed by atoms with van der Waals surface area (Å²) in [4.78, 5) is 14.1. The molecular weight excluding hydrogens is 414 g/mol. The quantitative estimate of drug-likeness (QED) is 0.454. The Morgan fingerprint density at radius 1 is 1.03 bits per heavy atom. The Balaban J connectivity index is 1.31. The second-order valence-electron chi connectivity index (χ2n) is 9.62. The third-order valence-electron chi connectivity index (χ3n) is 7.58. The highest BCUT2D eigenvalue weighted by Gasteiger charge is 2.33. The normalized spacial score (nSPS) is 24.4. The summed E-state index contributed by atoms with van der Waals surface area (Å²) in [5, 5.41) is 1.37. The first kappa shape index (κ1) is 20.6. The van der Waals surface area contributed by atoms with Gasteiger partial charge < -0.3 is 4.90 Å². The van der Waals surface area contributed by atoms with Gasteiger partial charge in [-0.3, -0.25) is 9.80 Å². The van der Waals surface area contributed by atoms with Crippen molar-refractivity contribution < 1.29 is 0 Å². The lowest BCUT2D eigenvalue weighted by molar-refractivity contribution is 0.193. The molecule has 1 atom stereocenters. The van der Waals surface area contributed by atoms with Crippen molar-refractivity contribution in [2.24, 2.45) is 0 Å². The lowest BCUT2D eigenvalue weighted by Crippen LogP contribution is -2.51. The maximum absolute atomic E-state index is 5.00. The van der Waals surface area contributed by atoms with Gasteiger partial charge in [0.25, 0.3) is 0 Å². The summed E-state index contributed by atoms with van der Waals surface area (Å²) in [7, 11) is 0. The molecule has 0 amide bonds. The Hall–Kier alpha value is -2.02. The van der Waals surface area contributed by atoms with E-state index >= 15 is 0 Å². The van der Waals surface area contributed by atoms with Crippen LogP contribution in [-0.4, -0.2) is 79.7 Å². The van der Waals surface area contributed by atoms with E-state index in [1.807, 2.05) is 11.3 Å². The molecule has 32 heavy (non-hydrogen) atoms. The first-order valence-electron chi connectivity index (χ1n) is 12.4. The van der Waals surface area contributed by atoms with Gasteiger partial charge in [0, 0.05) is 44.0 Å². The largest absolute Gasteiger partial charge is 0.369 e. The Morgan fingerprint density at radius 2 is 1.94 bits per heavy atom. The van der Waals surface area contributed by atoms with E-state index < -0.39 is 0 Å². The van der Waals surface area contributed by atoms with Crippen molar-refractivity contribution in [2.45, 2.75) is 32.2 Å². The molecule has 4 heterocycles. The van der Waals surface area contributed by atoms with Gasteiger partial charge in [0.2, 0.25) is 5.36 Å². The van der Waals surface area contributed by atoms with Gasteiger partial charge in [-0.05, 0) is 56.6 Å². The van der Waals surface area contributed by atoms with Crippen LogP contribution < -0.4 is 14.8 Å². The van der Waals surface area contributed by atoms with Gasteiger partial charge in [-0.2, -0.15) is 0 Å². The highest BCUT2D eigenvalue weighted by molar-refractivity contribution is 7.21. The topological polar surface area (TPSA) is 25.6 Å². The van der Waals surface area contributed by atoms with E-state index in [1.165, 1.54) is 79.2 Å². The lowest BCUT2D eigenvalue weighted by Gasteiger charge is -2.36. The van der Waals surface area contributed by atoms with Crippen molar-refractivity contribution in [3.05, 3.63) is 41.8 Å². The maximum atomic E-state index is 5.00. The number of fused-ring (bicyclic) bond motifs is 3. The van der Waals surface area contributed by atoms with Crippen molar-refractivity contribution >= 4 is 27.2 Å². The molecule has 0 bridgehead atoms. The van der Waals surface area contributed by atoms with E-state index in [2.05, 4.69) is 62.6 Å². The van der Waals surface area contributed by atoms with E-state index in [0.717, 1.165) is 36.9 Å². The highest BCUT2D eigenvalue weighted by atomic mass is 32.1. The second kappa shape index (κ2) is 8.73. The fourth-order valence-electron chi connectivity index (χ4n) is 5.77. The van der Waals surface area contributed by atoms with Gasteiger partial charge in [-0.15, -0.1) is 11.3 Å². The molecular formula is C26H34N5S+. The van der Waals surface area contributed by atoms with Crippen LogP contribution in [0.1, 0.15) is 26.2 Å². The van der Waals surface area contributed by atoms with E-state index in [9.17, 15) is 0 Å². The van der Waals surface area contributed by atoms with Gasteiger partial charge in [-0.1, -0.05) is 6.92 Å². The van der Waals surface area contributed by atoms with Crippen molar-refractivity contribution in [1.82, 2.24) is 19.4 Å². The van der Waals surface area contributed by atoms with Crippen LogP contribution in [0.15, 0.2) is 36.4 Å². The lowest BCUT2D eigenvalue weighted by atomic mass is 10.1. The Labute approximate surface area is 194 Å². The van der Waals surface area contributed by atoms with Gasteiger partial charge in [0.15, 0.2) is 13.1 Å². The summed E-state index contributed by atoms with van der Waals surface area (Å²) in [6, 6.07) is 14.5. The van der Waals surface area contributed by atoms with Crippen LogP contribution in [0.25, 0.3) is 20.8 Å². The van der Waals surface area contributed by atoms with Gasteiger partial charge in [-0.25, -0.2) is 9.56 Å². The van der Waals surface area contributed by atoms with Crippen molar-refractivity contribution in [3.63, 3.8) is 0 Å². The number of hydrogen-bond donors (Lipinski definition) is 0. The van der Waals surface area contributed by atoms with Crippen LogP contribution in [-0.2, 0) is 0 Å². The molecule has 1 aromatic rings. The Kier molecular flexibility index (Phi) is 5.61. The van der Waals surface area contributed by atoms with Crippen LogP contribution in [0, 0.1) is 0 Å². The fraction of sp³-hybridized carbons (Fsp3) is 0.538. The molecule has 3 saturated heterocycles. The number of nitrogens with zero attached hydrogens (tertiary/aromatic N) is 5. The molecule has 4 aliphatic heterocycles. The minimum atomic E-state index is 0.748. The molecule has 3 fully saturated rings. The SMILES string of the molecule is CCCN1CCN(c2ccc3nc4ccc(=[N+]5CCN6CCCC6C5)cc-4sc3c2)CC1. The smallest absolute Gasteiger partial charge is 0.201 e. The minimum absolute atomic E-state index is 0.748. The molecule has 1 unspecified atom stereocenters. The molecule has 0 radical (unpaired) electrons. The molecule has 5 nitrogen and oxygen atoms in total. The molecule has 0 aromatic heterocycles. The number of aromatic nitrogens is 1. The zero-order valence-corrected chi connectivity index (χ0v) is 20.0. The van der Waals surface area contributed by atoms with Crippen LogP contribution in [0.3, 0.4) is 0 Å². The Bertz CT molecular complexity index is 1150. The first-order chi connectivity index (χ1) is 15.8. The highest BCUT2D eigenvalue weighted by Crippen LogP contribution is 2.32. The van der Waals surface area contributed by atoms with Crippen LogP contribution in [0.5, 0.6) is 0 Å². The number of hydrogen-bond acceptors (Lipinski definition) is 5. The van der Waals surface area contributed by atoms with Crippen molar-refractivity contribution in [2.75, 3.05) is 63.8 Å². The second-order valence-corrected chi connectivity index (χ2v) is 10.7. The zero-order valence-electron chi connectivity index (χ0n) is 19.2. The Morgan fingerprint density at radius 3 is 2.81 bits per heavy atom. The molecule has 0 spiro atoms. The third kappa shape index (κ3) is 3.93. The standard InChI is InChI=1S/C26H34N5S/c1-2-9-28-11-13-30(14-12-28)20-5-7-23-25(17-20)32-26-18-21(6-8-24(26)27-23)31-16-15-29-10-3-4-22(29)19-31/h5-8,17-18,22H,2-4,9-16,19H2,1H3/q+1. The average Bonchev–Trinajstić information content (AvgIpc) is 3.31. The predicted molar refractivity (Wildman–Crippen MR) is 135 cm³/mol. The third-order valence-corrected chi connectivity index (χ3v) is 8.67. The number of rotatable bonds is 3. The number of benzene rings is 2. The summed E-state index contributed by atoms with van der Waals surface area (Å²) in [5.41, 5.74) is 3.58. The van der Waals surface area contributed by atoms with Crippen LogP contribution >= 0.6 is 11.3 Å². The molecule has 6 rings (SSSR count). The molecule has 6 heteroatoms. The molecule has 1 aliphatic carbocycles. The minimum Gasteiger partial charge on any atom is -0.369 e. The zero-order chi connectivity index (χ0) is 21.5. The molecule has 168 valence electrons. The molecule has 1 aromatic carbocycles. The van der Waals surface area contributed by atoms with E-state index in [0.29, 0.717) is 0 Å². The average molecular weight is 449 g/mol. The molecule has 5 aliphatic rings. The summed E-state index contributed by atoms with van der Waals surface area (Å²) < 4.78 is 3.89. The maximum Gasteiger partial charge on any atom is 0.201 e. The molecule has 0 saturated carbocycles. The van der Waals surface area contributed by atoms with Gasteiger partial charge in [0.1, 0.15) is 0 Å². The summed E-state index contributed by atoms with van der Waals surface area (Å²) in [6.45, 7) is 12.9. The van der Waals surface area contributed by atoms with Crippen molar-refractivity contribution in [1.29, 1.82) is 0 Å². The van der Waals surface area contributed by atoms with Gasteiger partial charge >= 0.3 is 0 Å². The monoisotopic (exact) mass is 448 g/mol. The molecule has 0 N–H and O–H groups in total. The van der Waals surface area contributed by atoms with Crippen molar-refractivity contribution in [3.8, 4) is 10.6 Å². The number of anilines is 1. The first-order valence-corrected chi connectivity index (χ1v) is 13.2. The summed E-state index contributed by atoms with van der Waals surface area (Å²) >= 11 is 1.90. The van der Waals surface area contributed by atoms with E-state index in [1.54, 1.807) is 0 Å². The van der Waals surface area contributed by atoms with E-state index in [4.69, 9.17) is 4.98 Å². The summed E-state index contributed by atoms with van der Waals surface area (Å²) in [6.07, 6.45) is 3.97. The van der Waals surface area contributed by atoms with E-state index in [-0.39, 0.29) is 0 Å². The predicted octanol–water partition coefficient (Wildman–Crippen LogP) is 3.18. The van der Waals surface area contributed by atoms with Crippen LogP contribution in [0.4, 0.5) is 5.69 Å². The van der Waals surface area contributed by atoms with Crippen LogP contribution in [0.2, 0.25) is 0 Å². The fourth-order valence-corrected chi connectivity index (χ4v) is 6.80. The number of piperazine rings is 2.